The number of nitrogens with zero attached hydrogens (tertiary/aromatic N) is 1. The van der Waals surface area contributed by atoms with Crippen LogP contribution < -0.4 is 5.32 Å². The van der Waals surface area contributed by atoms with E-state index >= 15 is 0 Å². The van der Waals surface area contributed by atoms with Crippen molar-refractivity contribution in [1.29, 1.82) is 0 Å². The van der Waals surface area contributed by atoms with Crippen LogP contribution in [0.2, 0.25) is 0 Å². The molecule has 3 nitrogen and oxygen atoms in total. The first kappa shape index (κ1) is 21.7. The van der Waals surface area contributed by atoms with Crippen molar-refractivity contribution in [3.05, 3.63) is 33.8 Å². The number of halogens is 5. The summed E-state index contributed by atoms with van der Waals surface area (Å²) < 4.78 is 39.9. The molecular weight excluding hydrogens is 409 g/mol. The van der Waals surface area contributed by atoms with Gasteiger partial charge in [-0.25, -0.2) is 0 Å². The first-order chi connectivity index (χ1) is 10.7. The van der Waals surface area contributed by atoms with Crippen LogP contribution in [0, 0.1) is 5.41 Å². The van der Waals surface area contributed by atoms with Crippen LogP contribution in [0.25, 0.3) is 0 Å². The second kappa shape index (κ2) is 8.36. The highest BCUT2D eigenvalue weighted by atomic mass is 79.9. The van der Waals surface area contributed by atoms with Gasteiger partial charge in [-0.05, 0) is 23.8 Å². The number of rotatable bonds is 4. The fourth-order valence-electron chi connectivity index (χ4n) is 3.07. The number of benzene rings is 1. The van der Waals surface area contributed by atoms with E-state index in [0.29, 0.717) is 10.0 Å². The molecule has 0 radical (unpaired) electrons. The third-order valence-corrected chi connectivity index (χ3v) is 5.00. The fraction of sp³-hybridized carbons (Fsp3) is 0.625. The molecule has 0 saturated carbocycles. The van der Waals surface area contributed by atoms with Crippen LogP contribution in [-0.2, 0) is 6.18 Å². The lowest BCUT2D eigenvalue weighted by Gasteiger charge is -2.44. The van der Waals surface area contributed by atoms with E-state index in [2.05, 4.69) is 26.1 Å². The van der Waals surface area contributed by atoms with Crippen LogP contribution >= 0.6 is 28.3 Å². The van der Waals surface area contributed by atoms with Crippen molar-refractivity contribution in [2.24, 2.45) is 5.41 Å². The smallest absolute Gasteiger partial charge is 0.396 e. The average molecular weight is 432 g/mol. The standard InChI is InChI=1S/C16H22BrF3N2O.ClH/c1-15(2,10-23)14(22-7-5-21-6-8-22)12-9-11(16(18,19)20)3-4-13(12)17;/h3-4,9,14,21,23H,5-8,10H2,1-2H3;1H/t14-;/m1./s1. The summed E-state index contributed by atoms with van der Waals surface area (Å²) >= 11 is 3.39. The Morgan fingerprint density at radius 1 is 1.25 bits per heavy atom. The molecule has 1 aliphatic rings. The summed E-state index contributed by atoms with van der Waals surface area (Å²) in [5.74, 6) is 0. The fourth-order valence-corrected chi connectivity index (χ4v) is 3.53. The number of hydrogen-bond donors (Lipinski definition) is 2. The van der Waals surface area contributed by atoms with Gasteiger partial charge in [-0.3, -0.25) is 4.90 Å². The summed E-state index contributed by atoms with van der Waals surface area (Å²) in [6.07, 6.45) is -4.38. The molecule has 1 aliphatic heterocycles. The number of hydrogen-bond acceptors (Lipinski definition) is 3. The van der Waals surface area contributed by atoms with Crippen molar-refractivity contribution in [2.75, 3.05) is 32.8 Å². The van der Waals surface area contributed by atoms with E-state index in [0.717, 1.165) is 32.2 Å². The summed E-state index contributed by atoms with van der Waals surface area (Å²) in [6.45, 7) is 6.69. The minimum atomic E-state index is -4.38. The Bertz CT molecular complexity index is 549. The van der Waals surface area contributed by atoms with Gasteiger partial charge >= 0.3 is 6.18 Å². The van der Waals surface area contributed by atoms with Gasteiger partial charge in [-0.1, -0.05) is 29.8 Å². The van der Waals surface area contributed by atoms with Gasteiger partial charge in [0, 0.05) is 48.7 Å². The van der Waals surface area contributed by atoms with E-state index in [9.17, 15) is 18.3 Å². The molecule has 1 heterocycles. The largest absolute Gasteiger partial charge is 0.416 e. The normalized spacial score (nSPS) is 18.1. The molecule has 0 spiro atoms. The summed E-state index contributed by atoms with van der Waals surface area (Å²) in [6, 6.07) is 3.43. The molecular formula is C16H23BrClF3N2O. The molecule has 138 valence electrons. The minimum absolute atomic E-state index is 0. The van der Waals surface area contributed by atoms with Crippen LogP contribution in [0.1, 0.15) is 31.0 Å². The molecule has 0 aliphatic carbocycles. The van der Waals surface area contributed by atoms with Gasteiger partial charge in [0.25, 0.3) is 0 Å². The molecule has 2 N–H and O–H groups in total. The molecule has 0 bridgehead atoms. The van der Waals surface area contributed by atoms with Crippen LogP contribution in [0.4, 0.5) is 13.2 Å². The molecule has 1 atom stereocenters. The van der Waals surface area contributed by atoms with E-state index in [-0.39, 0.29) is 25.1 Å². The minimum Gasteiger partial charge on any atom is -0.396 e. The highest BCUT2D eigenvalue weighted by molar-refractivity contribution is 9.10. The SMILES string of the molecule is CC(C)(CO)[C@@H](c1cc(C(F)(F)F)ccc1Br)N1CCNCC1.Cl. The topological polar surface area (TPSA) is 35.5 Å². The maximum Gasteiger partial charge on any atom is 0.416 e. The predicted molar refractivity (Wildman–Crippen MR) is 94.4 cm³/mol. The lowest BCUT2D eigenvalue weighted by Crippen LogP contribution is -2.49. The van der Waals surface area contributed by atoms with Crippen LogP contribution in [-0.4, -0.2) is 42.8 Å². The van der Waals surface area contributed by atoms with Crippen molar-refractivity contribution < 1.29 is 18.3 Å². The van der Waals surface area contributed by atoms with Gasteiger partial charge in [0.15, 0.2) is 0 Å². The zero-order valence-electron chi connectivity index (χ0n) is 13.7. The number of nitrogens with one attached hydrogen (secondary N) is 1. The molecule has 24 heavy (non-hydrogen) atoms. The molecule has 0 unspecified atom stereocenters. The van der Waals surface area contributed by atoms with Gasteiger partial charge in [-0.2, -0.15) is 13.2 Å². The third-order valence-electron chi connectivity index (χ3n) is 4.28. The van der Waals surface area contributed by atoms with Crippen molar-refractivity contribution >= 4 is 28.3 Å². The molecule has 1 aromatic rings. The summed E-state index contributed by atoms with van der Waals surface area (Å²) in [5, 5.41) is 13.0. The van der Waals surface area contributed by atoms with Gasteiger partial charge in [0.2, 0.25) is 0 Å². The van der Waals surface area contributed by atoms with Gasteiger partial charge in [-0.15, -0.1) is 12.4 Å². The van der Waals surface area contributed by atoms with Crippen molar-refractivity contribution in [1.82, 2.24) is 10.2 Å². The maximum atomic E-state index is 13.1. The number of aliphatic hydroxyl groups is 1. The quantitative estimate of drug-likeness (QED) is 0.760. The Hall–Kier alpha value is -0.340. The van der Waals surface area contributed by atoms with Crippen molar-refractivity contribution in [3.8, 4) is 0 Å². The lowest BCUT2D eigenvalue weighted by molar-refractivity contribution is -0.137. The molecule has 1 aromatic carbocycles. The predicted octanol–water partition coefficient (Wildman–Crippen LogP) is 3.85. The summed E-state index contributed by atoms with van der Waals surface area (Å²) in [7, 11) is 0. The Kier molecular flexibility index (Phi) is 7.56. The van der Waals surface area contributed by atoms with Gasteiger partial charge < -0.3 is 10.4 Å². The molecule has 1 fully saturated rings. The Balaban J connectivity index is 0.00000288. The molecule has 0 aromatic heterocycles. The third kappa shape index (κ3) is 4.85. The van der Waals surface area contributed by atoms with E-state index < -0.39 is 17.2 Å². The summed E-state index contributed by atoms with van der Waals surface area (Å²) in [4.78, 5) is 2.15. The summed E-state index contributed by atoms with van der Waals surface area (Å²) in [5.41, 5.74) is -0.658. The molecule has 1 saturated heterocycles. The van der Waals surface area contributed by atoms with Gasteiger partial charge in [0.1, 0.15) is 0 Å². The number of alkyl halides is 3. The Morgan fingerprint density at radius 3 is 2.33 bits per heavy atom. The van der Waals surface area contributed by atoms with E-state index in [1.54, 1.807) is 0 Å². The van der Waals surface area contributed by atoms with Crippen molar-refractivity contribution in [2.45, 2.75) is 26.1 Å². The lowest BCUT2D eigenvalue weighted by atomic mass is 9.79. The van der Waals surface area contributed by atoms with Gasteiger partial charge in [0.05, 0.1) is 5.56 Å². The molecule has 2 rings (SSSR count). The first-order valence-electron chi connectivity index (χ1n) is 7.59. The average Bonchev–Trinajstić information content (AvgIpc) is 2.49. The van der Waals surface area contributed by atoms with Crippen molar-refractivity contribution in [3.63, 3.8) is 0 Å². The highest BCUT2D eigenvalue weighted by Gasteiger charge is 2.38. The zero-order chi connectivity index (χ0) is 17.3. The van der Waals surface area contributed by atoms with Crippen LogP contribution in [0.15, 0.2) is 22.7 Å². The van der Waals surface area contributed by atoms with E-state index in [1.807, 2.05) is 13.8 Å². The maximum absolute atomic E-state index is 13.1. The van der Waals surface area contributed by atoms with Crippen LogP contribution in [0.5, 0.6) is 0 Å². The second-order valence-electron chi connectivity index (χ2n) is 6.57. The molecule has 8 heteroatoms. The molecule has 0 amide bonds. The Morgan fingerprint density at radius 2 is 1.83 bits per heavy atom. The number of aliphatic hydroxyl groups excluding tert-OH is 1. The zero-order valence-corrected chi connectivity index (χ0v) is 16.1. The monoisotopic (exact) mass is 430 g/mol. The highest BCUT2D eigenvalue weighted by Crippen LogP contribution is 2.43. The first-order valence-corrected chi connectivity index (χ1v) is 8.38. The van der Waals surface area contributed by atoms with Crippen LogP contribution in [0.3, 0.4) is 0 Å². The number of piperazine rings is 1. The second-order valence-corrected chi connectivity index (χ2v) is 7.42. The van der Waals surface area contributed by atoms with E-state index in [4.69, 9.17) is 0 Å². The Labute approximate surface area is 155 Å². The van der Waals surface area contributed by atoms with E-state index in [1.165, 1.54) is 12.1 Å².